The van der Waals surface area contributed by atoms with E-state index in [1.54, 1.807) is 5.57 Å². The third-order valence-corrected chi connectivity index (χ3v) is 15.9. The van der Waals surface area contributed by atoms with Crippen LogP contribution in [0.4, 0.5) is 0 Å². The SMILES string of the molecule is CC(C)(C)[Si](C)(C)OC1CCC2C3CC=C4CCCC[C@]4(C)C3C(OCc3ccccc3)C[C@]12C. The van der Waals surface area contributed by atoms with Crippen molar-refractivity contribution < 1.29 is 9.16 Å². The number of allylic oxidation sites excluding steroid dienone is 2. The molecule has 7 atom stereocenters. The topological polar surface area (TPSA) is 18.5 Å². The zero-order valence-corrected chi connectivity index (χ0v) is 24.5. The van der Waals surface area contributed by atoms with Crippen LogP contribution in [0.25, 0.3) is 0 Å². The summed E-state index contributed by atoms with van der Waals surface area (Å²) in [5, 5.41) is 0.250. The lowest BCUT2D eigenvalue weighted by Gasteiger charge is -2.60. The Hall–Kier alpha value is -0.903. The summed E-state index contributed by atoms with van der Waals surface area (Å²) < 4.78 is 14.2. The van der Waals surface area contributed by atoms with Gasteiger partial charge in [0.2, 0.25) is 0 Å². The van der Waals surface area contributed by atoms with Crippen LogP contribution in [0.15, 0.2) is 42.0 Å². The highest BCUT2D eigenvalue weighted by molar-refractivity contribution is 6.74. The first-order chi connectivity index (χ1) is 16.5. The van der Waals surface area contributed by atoms with Gasteiger partial charge in [-0.2, -0.15) is 0 Å². The smallest absolute Gasteiger partial charge is 0.192 e. The minimum atomic E-state index is -1.83. The first-order valence-corrected chi connectivity index (χ1v) is 17.4. The molecule has 1 aromatic carbocycles. The molecule has 3 heteroatoms. The van der Waals surface area contributed by atoms with E-state index in [0.717, 1.165) is 24.9 Å². The highest BCUT2D eigenvalue weighted by atomic mass is 28.4. The van der Waals surface area contributed by atoms with Crippen molar-refractivity contribution in [1.82, 2.24) is 0 Å². The van der Waals surface area contributed by atoms with E-state index >= 15 is 0 Å². The van der Waals surface area contributed by atoms with Gasteiger partial charge >= 0.3 is 0 Å². The molecule has 3 fully saturated rings. The Balaban J connectivity index is 1.47. The number of hydrogen-bond donors (Lipinski definition) is 0. The van der Waals surface area contributed by atoms with E-state index in [0.29, 0.717) is 23.5 Å². The normalized spacial score (nSPS) is 39.4. The molecular formula is C32H50O2Si. The molecule has 0 heterocycles. The molecule has 4 aliphatic carbocycles. The van der Waals surface area contributed by atoms with Gasteiger partial charge in [-0.1, -0.05) is 83.0 Å². The summed E-state index contributed by atoms with van der Waals surface area (Å²) in [4.78, 5) is 0. The van der Waals surface area contributed by atoms with Crippen molar-refractivity contribution in [1.29, 1.82) is 0 Å². The van der Waals surface area contributed by atoms with Crippen LogP contribution in [0.5, 0.6) is 0 Å². The summed E-state index contributed by atoms with van der Waals surface area (Å²) in [5.41, 5.74) is 3.60. The Labute approximate surface area is 216 Å². The molecule has 194 valence electrons. The molecule has 0 amide bonds. The van der Waals surface area contributed by atoms with Crippen molar-refractivity contribution >= 4 is 8.32 Å². The molecule has 5 rings (SSSR count). The lowest BCUT2D eigenvalue weighted by molar-refractivity contribution is -0.157. The van der Waals surface area contributed by atoms with Crippen LogP contribution in [0.1, 0.15) is 91.5 Å². The Morgan fingerprint density at radius 1 is 1.03 bits per heavy atom. The monoisotopic (exact) mass is 494 g/mol. The Morgan fingerprint density at radius 2 is 1.77 bits per heavy atom. The van der Waals surface area contributed by atoms with Crippen LogP contribution in [0.3, 0.4) is 0 Å². The van der Waals surface area contributed by atoms with Crippen molar-refractivity contribution in [2.45, 2.75) is 123 Å². The summed E-state index contributed by atoms with van der Waals surface area (Å²) in [6.45, 7) is 18.0. The fourth-order valence-electron chi connectivity index (χ4n) is 8.41. The summed E-state index contributed by atoms with van der Waals surface area (Å²) in [6.07, 6.45) is 13.8. The van der Waals surface area contributed by atoms with Gasteiger partial charge in [-0.05, 0) is 97.2 Å². The number of fused-ring (bicyclic) bond motifs is 5. The molecule has 2 nitrogen and oxygen atoms in total. The van der Waals surface area contributed by atoms with Crippen LogP contribution in [-0.4, -0.2) is 20.5 Å². The van der Waals surface area contributed by atoms with Gasteiger partial charge in [-0.25, -0.2) is 0 Å². The number of benzene rings is 1. The van der Waals surface area contributed by atoms with E-state index in [4.69, 9.17) is 9.16 Å². The average molecular weight is 495 g/mol. The second-order valence-corrected chi connectivity index (χ2v) is 19.1. The largest absolute Gasteiger partial charge is 0.413 e. The molecule has 0 radical (unpaired) electrons. The fraction of sp³-hybridized carbons (Fsp3) is 0.750. The Morgan fingerprint density at radius 3 is 2.49 bits per heavy atom. The summed E-state index contributed by atoms with van der Waals surface area (Å²) in [5.74, 6) is 2.14. The minimum Gasteiger partial charge on any atom is -0.413 e. The molecule has 0 bridgehead atoms. The van der Waals surface area contributed by atoms with Crippen molar-refractivity contribution in [3.63, 3.8) is 0 Å². The van der Waals surface area contributed by atoms with Gasteiger partial charge in [0, 0.05) is 0 Å². The Kier molecular flexibility index (Phi) is 6.72. The molecule has 0 spiro atoms. The molecule has 0 saturated heterocycles. The van der Waals surface area contributed by atoms with Gasteiger partial charge in [-0.15, -0.1) is 0 Å². The fourth-order valence-corrected chi connectivity index (χ4v) is 9.86. The maximum atomic E-state index is 7.23. The Bertz CT molecular complexity index is 931. The molecule has 0 aliphatic heterocycles. The van der Waals surface area contributed by atoms with Gasteiger partial charge in [0.25, 0.3) is 0 Å². The van der Waals surface area contributed by atoms with Gasteiger partial charge in [0.1, 0.15) is 0 Å². The standard InChI is InChI=1S/C32H50O2Si/c1-30(2,3)35(6,7)34-28-19-18-26-25-17-16-24-15-11-12-20-31(24,4)29(25)27(21-32(26,28)5)33-22-23-13-9-8-10-14-23/h8-10,13-14,16,25-29H,11-12,15,17-22H2,1-7H3/t25?,26?,27?,28?,29?,31-,32-/m0/s1. The molecule has 0 aromatic heterocycles. The molecule has 0 N–H and O–H groups in total. The van der Waals surface area contributed by atoms with Gasteiger partial charge in [-0.3, -0.25) is 0 Å². The summed E-state index contributed by atoms with van der Waals surface area (Å²) in [7, 11) is -1.83. The quantitative estimate of drug-likeness (QED) is 0.300. The van der Waals surface area contributed by atoms with Crippen LogP contribution in [0, 0.1) is 28.6 Å². The lowest BCUT2D eigenvalue weighted by atomic mass is 9.47. The maximum Gasteiger partial charge on any atom is 0.192 e. The number of hydrogen-bond acceptors (Lipinski definition) is 2. The van der Waals surface area contributed by atoms with Crippen molar-refractivity contribution in [2.75, 3.05) is 0 Å². The second kappa shape index (κ2) is 9.13. The molecule has 1 aromatic rings. The predicted molar refractivity (Wildman–Crippen MR) is 149 cm³/mol. The van der Waals surface area contributed by atoms with Crippen LogP contribution in [0.2, 0.25) is 18.1 Å². The van der Waals surface area contributed by atoms with E-state index in [-0.39, 0.29) is 10.5 Å². The molecular weight excluding hydrogens is 444 g/mol. The summed E-state index contributed by atoms with van der Waals surface area (Å²) >= 11 is 0. The van der Waals surface area contributed by atoms with E-state index in [1.807, 2.05) is 0 Å². The van der Waals surface area contributed by atoms with E-state index in [2.05, 4.69) is 84.1 Å². The van der Waals surface area contributed by atoms with Gasteiger partial charge in [0.15, 0.2) is 8.32 Å². The predicted octanol–water partition coefficient (Wildman–Crippen LogP) is 8.93. The van der Waals surface area contributed by atoms with Crippen molar-refractivity contribution in [3.8, 4) is 0 Å². The molecule has 5 unspecified atom stereocenters. The van der Waals surface area contributed by atoms with E-state index in [9.17, 15) is 0 Å². The zero-order chi connectivity index (χ0) is 25.1. The van der Waals surface area contributed by atoms with E-state index < -0.39 is 8.32 Å². The van der Waals surface area contributed by atoms with E-state index in [1.165, 1.54) is 50.5 Å². The average Bonchev–Trinajstić information content (AvgIpc) is 3.12. The van der Waals surface area contributed by atoms with Crippen molar-refractivity contribution in [2.24, 2.45) is 28.6 Å². The minimum absolute atomic E-state index is 0.217. The number of ether oxygens (including phenoxy) is 1. The van der Waals surface area contributed by atoms with Gasteiger partial charge in [0.05, 0.1) is 18.8 Å². The highest BCUT2D eigenvalue weighted by Crippen LogP contribution is 2.66. The first-order valence-electron chi connectivity index (χ1n) is 14.5. The second-order valence-electron chi connectivity index (χ2n) is 14.4. The summed E-state index contributed by atoms with van der Waals surface area (Å²) in [6, 6.07) is 10.8. The molecule has 35 heavy (non-hydrogen) atoms. The van der Waals surface area contributed by atoms with Crippen molar-refractivity contribution in [3.05, 3.63) is 47.5 Å². The maximum absolute atomic E-state index is 7.23. The third kappa shape index (κ3) is 4.42. The first kappa shape index (κ1) is 25.7. The van der Waals surface area contributed by atoms with Gasteiger partial charge < -0.3 is 9.16 Å². The lowest BCUT2D eigenvalue weighted by Crippen LogP contribution is -2.58. The number of rotatable bonds is 5. The van der Waals surface area contributed by atoms with Crippen LogP contribution >= 0.6 is 0 Å². The molecule has 4 aliphatic rings. The molecule has 3 saturated carbocycles. The highest BCUT2D eigenvalue weighted by Gasteiger charge is 2.63. The van der Waals surface area contributed by atoms with Crippen LogP contribution in [-0.2, 0) is 15.8 Å². The third-order valence-electron chi connectivity index (χ3n) is 11.4. The zero-order valence-electron chi connectivity index (χ0n) is 23.5. The van der Waals surface area contributed by atoms with Crippen LogP contribution < -0.4 is 0 Å².